The summed E-state index contributed by atoms with van der Waals surface area (Å²) in [6, 6.07) is 9.12. The highest BCUT2D eigenvalue weighted by molar-refractivity contribution is 6.36. The molecule has 0 atom stereocenters. The number of rotatable bonds is 4. The van der Waals surface area contributed by atoms with E-state index in [9.17, 15) is 4.79 Å². The Hall–Kier alpha value is -2.17. The first-order valence-corrected chi connectivity index (χ1v) is 4.92. The van der Waals surface area contributed by atoms with Gasteiger partial charge >= 0.3 is 0 Å². The van der Waals surface area contributed by atoms with Gasteiger partial charge in [-0.3, -0.25) is 9.79 Å². The van der Waals surface area contributed by atoms with Crippen molar-refractivity contribution in [3.63, 3.8) is 0 Å². The lowest BCUT2D eigenvalue weighted by molar-refractivity contribution is -0.102. The third-order valence-electron chi connectivity index (χ3n) is 1.80. The van der Waals surface area contributed by atoms with Crippen LogP contribution in [-0.2, 0) is 4.79 Å². The minimum atomic E-state index is 0.192. The normalized spacial score (nSPS) is 12.3. The summed E-state index contributed by atoms with van der Waals surface area (Å²) in [6.07, 6.45) is 0.668. The van der Waals surface area contributed by atoms with Crippen molar-refractivity contribution in [1.29, 1.82) is 0 Å². The average molecular weight is 218 g/mol. The summed E-state index contributed by atoms with van der Waals surface area (Å²) in [7, 11) is 0. The van der Waals surface area contributed by atoms with E-state index >= 15 is 0 Å². The second-order valence-corrected chi connectivity index (χ2v) is 2.95. The van der Waals surface area contributed by atoms with Crippen LogP contribution in [0, 0.1) is 0 Å². The molecular formula is C11H14N4O. The van der Waals surface area contributed by atoms with E-state index in [1.54, 1.807) is 12.1 Å². The standard InChI is InChI=1S/C11H14N4O/c1-2-13-11(12)15-14-10(8-16)9-6-4-3-5-7-9/h3-8H,2H2,1H3,(H3,12,13,15)/b14-10+. The first kappa shape index (κ1) is 11.9. The van der Waals surface area contributed by atoms with Crippen molar-refractivity contribution in [3.8, 4) is 0 Å². The van der Waals surface area contributed by atoms with Crippen LogP contribution in [0.2, 0.25) is 0 Å². The van der Waals surface area contributed by atoms with Gasteiger partial charge in [0.2, 0.25) is 5.96 Å². The fourth-order valence-electron chi connectivity index (χ4n) is 1.09. The highest BCUT2D eigenvalue weighted by Crippen LogP contribution is 1.98. The van der Waals surface area contributed by atoms with Crippen molar-refractivity contribution in [3.05, 3.63) is 35.9 Å². The van der Waals surface area contributed by atoms with Gasteiger partial charge in [-0.2, -0.15) is 5.10 Å². The molecule has 0 aliphatic heterocycles. The Bertz CT molecular complexity index is 398. The third-order valence-corrected chi connectivity index (χ3v) is 1.80. The van der Waals surface area contributed by atoms with E-state index in [4.69, 9.17) is 5.73 Å². The van der Waals surface area contributed by atoms with Gasteiger partial charge < -0.3 is 5.73 Å². The molecule has 0 heterocycles. The molecule has 0 radical (unpaired) electrons. The van der Waals surface area contributed by atoms with Gasteiger partial charge in [0.15, 0.2) is 6.29 Å². The lowest BCUT2D eigenvalue weighted by Gasteiger charge is -2.01. The molecule has 0 unspecified atom stereocenters. The smallest absolute Gasteiger partial charge is 0.209 e. The van der Waals surface area contributed by atoms with E-state index in [2.05, 4.69) is 15.5 Å². The number of nitrogens with one attached hydrogen (secondary N) is 1. The molecule has 0 amide bonds. The molecule has 0 aliphatic carbocycles. The second-order valence-electron chi connectivity index (χ2n) is 2.95. The number of aliphatic imine (C=N–C) groups is 1. The third kappa shape index (κ3) is 3.53. The van der Waals surface area contributed by atoms with Crippen LogP contribution in [0.15, 0.2) is 40.4 Å². The summed E-state index contributed by atoms with van der Waals surface area (Å²) in [4.78, 5) is 14.7. The summed E-state index contributed by atoms with van der Waals surface area (Å²) in [5, 5.41) is 3.87. The highest BCUT2D eigenvalue weighted by atomic mass is 16.1. The van der Waals surface area contributed by atoms with Gasteiger partial charge in [-0.15, -0.1) is 0 Å². The Morgan fingerprint density at radius 3 is 2.69 bits per heavy atom. The largest absolute Gasteiger partial charge is 0.369 e. The fraction of sp³-hybridized carbons (Fsp3) is 0.182. The van der Waals surface area contributed by atoms with E-state index in [-0.39, 0.29) is 11.7 Å². The zero-order valence-electron chi connectivity index (χ0n) is 9.05. The highest BCUT2D eigenvalue weighted by Gasteiger charge is 2.00. The second kappa shape index (κ2) is 6.34. The van der Waals surface area contributed by atoms with Gasteiger partial charge in [-0.05, 0) is 6.92 Å². The van der Waals surface area contributed by atoms with Gasteiger partial charge in [-0.25, -0.2) is 5.43 Å². The molecule has 16 heavy (non-hydrogen) atoms. The van der Waals surface area contributed by atoms with E-state index in [0.717, 1.165) is 5.56 Å². The number of hydrogen-bond acceptors (Lipinski definition) is 3. The van der Waals surface area contributed by atoms with Gasteiger partial charge in [-0.1, -0.05) is 30.3 Å². The number of carbonyl (C=O) groups excluding carboxylic acids is 1. The molecule has 1 aromatic rings. The Morgan fingerprint density at radius 2 is 2.12 bits per heavy atom. The molecule has 0 spiro atoms. The topological polar surface area (TPSA) is 79.8 Å². The molecule has 3 N–H and O–H groups in total. The van der Waals surface area contributed by atoms with Crippen LogP contribution in [0.4, 0.5) is 0 Å². The predicted octanol–water partition coefficient (Wildman–Crippen LogP) is 0.514. The number of nitrogens with two attached hydrogens (primary N) is 1. The molecular weight excluding hydrogens is 204 g/mol. The molecule has 84 valence electrons. The minimum Gasteiger partial charge on any atom is -0.369 e. The van der Waals surface area contributed by atoms with Crippen molar-refractivity contribution < 1.29 is 4.79 Å². The van der Waals surface area contributed by atoms with E-state index < -0.39 is 0 Å². The summed E-state index contributed by atoms with van der Waals surface area (Å²) >= 11 is 0. The molecule has 5 heteroatoms. The quantitative estimate of drug-likeness (QED) is 0.334. The summed E-state index contributed by atoms with van der Waals surface area (Å²) < 4.78 is 0. The molecule has 1 aromatic carbocycles. The van der Waals surface area contributed by atoms with Crippen molar-refractivity contribution in [2.75, 3.05) is 6.54 Å². The van der Waals surface area contributed by atoms with Crippen LogP contribution in [0.25, 0.3) is 0 Å². The molecule has 0 aromatic heterocycles. The fourth-order valence-corrected chi connectivity index (χ4v) is 1.09. The van der Waals surface area contributed by atoms with Gasteiger partial charge in [0.25, 0.3) is 0 Å². The van der Waals surface area contributed by atoms with Crippen LogP contribution in [0.5, 0.6) is 0 Å². The summed E-state index contributed by atoms with van der Waals surface area (Å²) in [5.74, 6) is 0.192. The van der Waals surface area contributed by atoms with Gasteiger partial charge in [0.1, 0.15) is 5.71 Å². The molecule has 0 fully saturated rings. The van der Waals surface area contributed by atoms with E-state index in [0.29, 0.717) is 12.8 Å². The summed E-state index contributed by atoms with van der Waals surface area (Å²) in [6.45, 7) is 2.42. The van der Waals surface area contributed by atoms with Crippen LogP contribution in [-0.4, -0.2) is 24.5 Å². The van der Waals surface area contributed by atoms with Crippen LogP contribution >= 0.6 is 0 Å². The van der Waals surface area contributed by atoms with E-state index in [1.807, 2.05) is 25.1 Å². The van der Waals surface area contributed by atoms with Gasteiger partial charge in [0, 0.05) is 12.1 Å². The number of hydrazone groups is 1. The first-order valence-electron chi connectivity index (χ1n) is 4.92. The number of aldehydes is 1. The zero-order chi connectivity index (χ0) is 11.8. The predicted molar refractivity (Wildman–Crippen MR) is 64.3 cm³/mol. The monoisotopic (exact) mass is 218 g/mol. The molecule has 0 bridgehead atoms. The van der Waals surface area contributed by atoms with Crippen LogP contribution in [0.3, 0.4) is 0 Å². The van der Waals surface area contributed by atoms with E-state index in [1.165, 1.54) is 0 Å². The molecule has 0 saturated heterocycles. The maximum absolute atomic E-state index is 10.8. The number of guanidine groups is 1. The van der Waals surface area contributed by atoms with Crippen molar-refractivity contribution in [1.82, 2.24) is 5.43 Å². The Labute approximate surface area is 94.1 Å². The van der Waals surface area contributed by atoms with Crippen molar-refractivity contribution >= 4 is 18.0 Å². The minimum absolute atomic E-state index is 0.192. The average Bonchev–Trinajstić information content (AvgIpc) is 2.31. The molecule has 0 aliphatic rings. The molecule has 5 nitrogen and oxygen atoms in total. The molecule has 0 saturated carbocycles. The van der Waals surface area contributed by atoms with Crippen molar-refractivity contribution in [2.24, 2.45) is 15.8 Å². The maximum atomic E-state index is 10.8. The van der Waals surface area contributed by atoms with Crippen LogP contribution in [0.1, 0.15) is 12.5 Å². The first-order chi connectivity index (χ1) is 7.77. The maximum Gasteiger partial charge on any atom is 0.209 e. The number of nitrogens with zero attached hydrogens (tertiary/aromatic N) is 2. The Balaban J connectivity index is 2.79. The summed E-state index contributed by atoms with van der Waals surface area (Å²) in [5.41, 5.74) is 9.02. The number of benzene rings is 1. The zero-order valence-corrected chi connectivity index (χ0v) is 9.05. The molecule has 1 rings (SSSR count). The number of hydrogen-bond donors (Lipinski definition) is 2. The van der Waals surface area contributed by atoms with Crippen LogP contribution < -0.4 is 11.2 Å². The Morgan fingerprint density at radius 1 is 1.44 bits per heavy atom. The Kier molecular flexibility index (Phi) is 4.72. The van der Waals surface area contributed by atoms with Gasteiger partial charge in [0.05, 0.1) is 0 Å². The van der Waals surface area contributed by atoms with Crippen molar-refractivity contribution in [2.45, 2.75) is 6.92 Å². The number of carbonyl (C=O) groups is 1. The lowest BCUT2D eigenvalue weighted by atomic mass is 10.1. The SMILES string of the molecule is CCN=C(N)N/N=C(\C=O)c1ccccc1. The lowest BCUT2D eigenvalue weighted by Crippen LogP contribution is -2.28.